The third-order valence-corrected chi connectivity index (χ3v) is 6.24. The number of imidazole rings is 1. The summed E-state index contributed by atoms with van der Waals surface area (Å²) in [7, 11) is 2.04. The fourth-order valence-electron chi connectivity index (χ4n) is 4.51. The van der Waals surface area contributed by atoms with Crippen molar-refractivity contribution in [3.8, 4) is 5.88 Å². The van der Waals surface area contributed by atoms with Crippen molar-refractivity contribution in [3.05, 3.63) is 77.6 Å². The Morgan fingerprint density at radius 1 is 1.15 bits per heavy atom. The van der Waals surface area contributed by atoms with Gasteiger partial charge in [-0.05, 0) is 31.9 Å². The SMILES string of the molecule is Cc1nccn1CC1CCc2c(c3ccccc3n2C)/C1=N/Oc1ccc(C(F)(F)F)cn1. The Kier molecular flexibility index (Phi) is 5.19. The van der Waals surface area contributed by atoms with Crippen molar-refractivity contribution in [1.29, 1.82) is 0 Å². The number of hydrogen-bond donors (Lipinski definition) is 0. The van der Waals surface area contributed by atoms with Gasteiger partial charge in [-0.1, -0.05) is 23.4 Å². The number of alkyl halides is 3. The van der Waals surface area contributed by atoms with E-state index in [0.29, 0.717) is 6.54 Å². The summed E-state index contributed by atoms with van der Waals surface area (Å²) < 4.78 is 42.8. The number of aromatic nitrogens is 4. The fraction of sp³-hybridized carbons (Fsp3) is 0.292. The van der Waals surface area contributed by atoms with Crippen LogP contribution >= 0.6 is 0 Å². The Balaban J connectivity index is 1.56. The van der Waals surface area contributed by atoms with Gasteiger partial charge < -0.3 is 14.0 Å². The molecule has 0 amide bonds. The Bertz CT molecular complexity index is 1330. The van der Waals surface area contributed by atoms with Crippen LogP contribution in [0.15, 0.2) is 60.1 Å². The van der Waals surface area contributed by atoms with E-state index in [1.165, 1.54) is 6.07 Å². The molecule has 5 rings (SSSR count). The number of oxime groups is 1. The number of nitrogens with zero attached hydrogens (tertiary/aromatic N) is 5. The minimum atomic E-state index is -4.45. The monoisotopic (exact) mass is 453 g/mol. The highest BCUT2D eigenvalue weighted by Gasteiger charge is 2.32. The number of hydrogen-bond acceptors (Lipinski definition) is 4. The Morgan fingerprint density at radius 2 is 1.97 bits per heavy atom. The number of pyridine rings is 1. The summed E-state index contributed by atoms with van der Waals surface area (Å²) in [6, 6.07) is 10.2. The molecule has 0 aliphatic heterocycles. The number of aryl methyl sites for hydroxylation is 2. The number of halogens is 3. The maximum Gasteiger partial charge on any atom is 0.417 e. The van der Waals surface area contributed by atoms with Gasteiger partial charge in [-0.25, -0.2) is 9.97 Å². The lowest BCUT2D eigenvalue weighted by molar-refractivity contribution is -0.137. The Hall–Kier alpha value is -3.62. The van der Waals surface area contributed by atoms with Crippen LogP contribution in [0.2, 0.25) is 0 Å². The molecule has 1 atom stereocenters. The summed E-state index contributed by atoms with van der Waals surface area (Å²) in [6.07, 6.45) is 1.75. The second-order valence-electron chi connectivity index (χ2n) is 8.21. The maximum absolute atomic E-state index is 12.9. The van der Waals surface area contributed by atoms with E-state index >= 15 is 0 Å². The second kappa shape index (κ2) is 8.06. The molecule has 170 valence electrons. The highest BCUT2D eigenvalue weighted by Crippen LogP contribution is 2.35. The summed E-state index contributed by atoms with van der Waals surface area (Å²) in [4.78, 5) is 13.7. The molecule has 33 heavy (non-hydrogen) atoms. The van der Waals surface area contributed by atoms with Crippen LogP contribution in [0.3, 0.4) is 0 Å². The molecular formula is C24H22F3N5O. The molecule has 1 aliphatic carbocycles. The average Bonchev–Trinajstić information content (AvgIpc) is 3.33. The topological polar surface area (TPSA) is 57.2 Å². The molecule has 9 heteroatoms. The van der Waals surface area contributed by atoms with E-state index in [-0.39, 0.29) is 11.8 Å². The van der Waals surface area contributed by atoms with Crippen molar-refractivity contribution in [2.45, 2.75) is 32.5 Å². The number of para-hydroxylation sites is 1. The summed E-state index contributed by atoms with van der Waals surface area (Å²) in [5, 5.41) is 5.54. The molecule has 3 heterocycles. The fourth-order valence-corrected chi connectivity index (χ4v) is 4.51. The number of rotatable bonds is 4. The minimum absolute atomic E-state index is 0.0143. The van der Waals surface area contributed by atoms with Gasteiger partial charge in [0.2, 0.25) is 5.88 Å². The second-order valence-corrected chi connectivity index (χ2v) is 8.21. The van der Waals surface area contributed by atoms with Crippen LogP contribution in [0.5, 0.6) is 5.88 Å². The molecule has 0 bridgehead atoms. The van der Waals surface area contributed by atoms with E-state index in [0.717, 1.165) is 58.8 Å². The van der Waals surface area contributed by atoms with Gasteiger partial charge in [0.05, 0.1) is 11.3 Å². The molecule has 6 nitrogen and oxygen atoms in total. The highest BCUT2D eigenvalue weighted by atomic mass is 19.4. The van der Waals surface area contributed by atoms with Crippen LogP contribution in [0, 0.1) is 12.8 Å². The normalized spacial score (nSPS) is 17.5. The molecule has 4 aromatic rings. The van der Waals surface area contributed by atoms with Gasteiger partial charge in [-0.15, -0.1) is 0 Å². The first-order valence-corrected chi connectivity index (χ1v) is 10.7. The van der Waals surface area contributed by atoms with E-state index in [2.05, 4.69) is 36.4 Å². The zero-order valence-electron chi connectivity index (χ0n) is 18.2. The summed E-state index contributed by atoms with van der Waals surface area (Å²) in [6.45, 7) is 2.63. The quantitative estimate of drug-likeness (QED) is 0.402. The van der Waals surface area contributed by atoms with Crippen molar-refractivity contribution in [3.63, 3.8) is 0 Å². The van der Waals surface area contributed by atoms with E-state index in [1.54, 1.807) is 6.20 Å². The Morgan fingerprint density at radius 3 is 2.67 bits per heavy atom. The number of fused-ring (bicyclic) bond motifs is 3. The van der Waals surface area contributed by atoms with E-state index in [9.17, 15) is 13.2 Å². The van der Waals surface area contributed by atoms with Crippen LogP contribution in [-0.2, 0) is 26.2 Å². The maximum atomic E-state index is 12.9. The third-order valence-electron chi connectivity index (χ3n) is 6.24. The van der Waals surface area contributed by atoms with Gasteiger partial charge >= 0.3 is 6.18 Å². The standard InChI is InChI=1S/C24H22F3N5O/c1-15-28-11-12-32(15)14-16-7-9-20-22(18-5-3-4-6-19(18)31(20)2)23(16)30-33-21-10-8-17(13-29-21)24(25,26)27/h3-6,8,10-13,16H,7,9,14H2,1-2H3/b30-23+. The van der Waals surface area contributed by atoms with Gasteiger partial charge in [-0.3, -0.25) is 0 Å². The lowest BCUT2D eigenvalue weighted by Gasteiger charge is -2.26. The van der Waals surface area contributed by atoms with Crippen LogP contribution in [0.4, 0.5) is 13.2 Å². The highest BCUT2D eigenvalue weighted by molar-refractivity contribution is 6.13. The lowest BCUT2D eigenvalue weighted by atomic mass is 9.84. The van der Waals surface area contributed by atoms with Gasteiger partial charge in [0.1, 0.15) is 5.82 Å². The summed E-state index contributed by atoms with van der Waals surface area (Å²) in [5.41, 5.74) is 3.22. The average molecular weight is 453 g/mol. The van der Waals surface area contributed by atoms with Crippen molar-refractivity contribution >= 4 is 16.6 Å². The van der Waals surface area contributed by atoms with E-state index < -0.39 is 11.7 Å². The van der Waals surface area contributed by atoms with Gasteiger partial charge in [0.15, 0.2) is 0 Å². The third kappa shape index (κ3) is 3.88. The summed E-state index contributed by atoms with van der Waals surface area (Å²) >= 11 is 0. The van der Waals surface area contributed by atoms with Crippen LogP contribution < -0.4 is 4.84 Å². The molecule has 1 aromatic carbocycles. The van der Waals surface area contributed by atoms with Crippen molar-refractivity contribution in [1.82, 2.24) is 19.1 Å². The largest absolute Gasteiger partial charge is 0.417 e. The van der Waals surface area contributed by atoms with Crippen molar-refractivity contribution < 1.29 is 18.0 Å². The lowest BCUT2D eigenvalue weighted by Crippen LogP contribution is -2.28. The van der Waals surface area contributed by atoms with Gasteiger partial charge in [0, 0.05) is 66.3 Å². The first kappa shape index (κ1) is 21.2. The van der Waals surface area contributed by atoms with Gasteiger partial charge in [0.25, 0.3) is 0 Å². The van der Waals surface area contributed by atoms with Crippen molar-refractivity contribution in [2.75, 3.05) is 0 Å². The molecule has 3 aromatic heterocycles. The summed E-state index contributed by atoms with van der Waals surface area (Å²) in [5.74, 6) is 0.967. The molecule has 0 fully saturated rings. The predicted molar refractivity (Wildman–Crippen MR) is 118 cm³/mol. The van der Waals surface area contributed by atoms with Crippen LogP contribution in [0.25, 0.3) is 10.9 Å². The zero-order valence-corrected chi connectivity index (χ0v) is 18.2. The van der Waals surface area contributed by atoms with E-state index in [1.807, 2.05) is 32.3 Å². The molecule has 0 radical (unpaired) electrons. The molecule has 1 unspecified atom stereocenters. The molecule has 0 saturated heterocycles. The number of benzene rings is 1. The first-order valence-electron chi connectivity index (χ1n) is 10.7. The minimum Gasteiger partial charge on any atom is -0.347 e. The van der Waals surface area contributed by atoms with Crippen molar-refractivity contribution in [2.24, 2.45) is 18.1 Å². The van der Waals surface area contributed by atoms with Crippen LogP contribution in [-0.4, -0.2) is 24.8 Å². The van der Waals surface area contributed by atoms with E-state index in [4.69, 9.17) is 4.84 Å². The zero-order chi connectivity index (χ0) is 23.2. The molecule has 1 aliphatic rings. The molecule has 0 N–H and O–H groups in total. The molecular weight excluding hydrogens is 431 g/mol. The molecule has 0 saturated carbocycles. The predicted octanol–water partition coefficient (Wildman–Crippen LogP) is 5.14. The van der Waals surface area contributed by atoms with Crippen LogP contribution in [0.1, 0.15) is 29.1 Å². The Labute approximate surface area is 188 Å². The smallest absolute Gasteiger partial charge is 0.347 e. The molecule has 0 spiro atoms. The van der Waals surface area contributed by atoms with Gasteiger partial charge in [-0.2, -0.15) is 13.2 Å². The first-order chi connectivity index (χ1) is 15.8.